The zero-order valence-electron chi connectivity index (χ0n) is 10.3. The number of hydrogen-bond acceptors (Lipinski definition) is 2. The summed E-state index contributed by atoms with van der Waals surface area (Å²) in [5.74, 6) is 0.727. The van der Waals surface area contributed by atoms with Crippen molar-refractivity contribution in [3.8, 4) is 0 Å². The van der Waals surface area contributed by atoms with Gasteiger partial charge in [0.05, 0.1) is 5.69 Å². The van der Waals surface area contributed by atoms with Crippen LogP contribution in [-0.2, 0) is 6.42 Å². The first kappa shape index (κ1) is 11.1. The van der Waals surface area contributed by atoms with Crippen LogP contribution in [0.2, 0.25) is 0 Å². The van der Waals surface area contributed by atoms with Crippen molar-refractivity contribution in [2.45, 2.75) is 46.0 Å². The van der Waals surface area contributed by atoms with E-state index in [1.165, 1.54) is 18.5 Å². The number of fused-ring (bicyclic) bond motifs is 1. The predicted molar refractivity (Wildman–Crippen MR) is 65.7 cm³/mol. The zero-order chi connectivity index (χ0) is 11.5. The van der Waals surface area contributed by atoms with Gasteiger partial charge in [0.2, 0.25) is 0 Å². The van der Waals surface area contributed by atoms with Gasteiger partial charge in [0, 0.05) is 23.9 Å². The Bertz CT molecular complexity index is 469. The van der Waals surface area contributed by atoms with Gasteiger partial charge in [0.1, 0.15) is 0 Å². The van der Waals surface area contributed by atoms with Crippen LogP contribution < -0.4 is 0 Å². The van der Waals surface area contributed by atoms with E-state index in [-0.39, 0.29) is 0 Å². The van der Waals surface area contributed by atoms with E-state index >= 15 is 0 Å². The second-order valence-corrected chi connectivity index (χ2v) is 3.90. The minimum Gasteiger partial charge on any atom is -0.237 e. The molecule has 16 heavy (non-hydrogen) atoms. The van der Waals surface area contributed by atoms with Crippen LogP contribution in [0, 0.1) is 0 Å². The van der Waals surface area contributed by atoms with E-state index < -0.39 is 0 Å². The molecule has 3 nitrogen and oxygen atoms in total. The molecular weight excluding hydrogens is 198 g/mol. The maximum Gasteiger partial charge on any atom is 0.155 e. The molecule has 1 saturated carbocycles. The van der Waals surface area contributed by atoms with Gasteiger partial charge >= 0.3 is 0 Å². The fourth-order valence-electron chi connectivity index (χ4n) is 1.82. The lowest BCUT2D eigenvalue weighted by Crippen LogP contribution is -1.98. The van der Waals surface area contributed by atoms with Gasteiger partial charge in [0.25, 0.3) is 0 Å². The fourth-order valence-corrected chi connectivity index (χ4v) is 1.82. The maximum absolute atomic E-state index is 4.55. The molecule has 2 heterocycles. The predicted octanol–water partition coefficient (Wildman–Crippen LogP) is 3.20. The van der Waals surface area contributed by atoms with Crippen LogP contribution >= 0.6 is 0 Å². The molecule has 0 unspecified atom stereocenters. The van der Waals surface area contributed by atoms with E-state index in [1.807, 2.05) is 24.6 Å². The van der Waals surface area contributed by atoms with E-state index in [0.29, 0.717) is 0 Å². The Morgan fingerprint density at radius 1 is 1.38 bits per heavy atom. The largest absolute Gasteiger partial charge is 0.237 e. The third-order valence-corrected chi connectivity index (χ3v) is 2.80. The van der Waals surface area contributed by atoms with Crippen LogP contribution in [0.5, 0.6) is 0 Å². The summed E-state index contributed by atoms with van der Waals surface area (Å²) >= 11 is 0. The molecule has 0 N–H and O–H groups in total. The minimum absolute atomic E-state index is 0.727. The zero-order valence-corrected chi connectivity index (χ0v) is 10.3. The third-order valence-electron chi connectivity index (χ3n) is 2.80. The third kappa shape index (κ3) is 1.94. The molecule has 0 atom stereocenters. The van der Waals surface area contributed by atoms with E-state index in [2.05, 4.69) is 29.1 Å². The lowest BCUT2D eigenvalue weighted by molar-refractivity contribution is 0.817. The summed E-state index contributed by atoms with van der Waals surface area (Å²) in [7, 11) is 0. The van der Waals surface area contributed by atoms with Crippen molar-refractivity contribution < 1.29 is 0 Å². The number of hydrogen-bond donors (Lipinski definition) is 0. The molecule has 1 fully saturated rings. The summed E-state index contributed by atoms with van der Waals surface area (Å²) < 4.78 is 2.01. The van der Waals surface area contributed by atoms with Gasteiger partial charge in [-0.05, 0) is 25.3 Å². The first-order valence-electron chi connectivity index (χ1n) is 6.22. The average Bonchev–Trinajstić information content (AvgIpc) is 3.09. The highest BCUT2D eigenvalue weighted by Crippen LogP contribution is 2.39. The number of aryl methyl sites for hydroxylation is 1. The van der Waals surface area contributed by atoms with Crippen LogP contribution in [0.25, 0.3) is 5.65 Å². The second kappa shape index (κ2) is 4.64. The molecule has 0 amide bonds. The van der Waals surface area contributed by atoms with Crippen molar-refractivity contribution in [3.05, 3.63) is 29.7 Å². The Morgan fingerprint density at radius 3 is 2.75 bits per heavy atom. The molecule has 0 spiro atoms. The van der Waals surface area contributed by atoms with Crippen molar-refractivity contribution in [3.63, 3.8) is 0 Å². The fraction of sp³-hybridized carbons (Fsp3) is 0.538. The van der Waals surface area contributed by atoms with Gasteiger partial charge in [-0.2, -0.15) is 5.10 Å². The van der Waals surface area contributed by atoms with Crippen LogP contribution in [0.1, 0.15) is 50.9 Å². The summed E-state index contributed by atoms with van der Waals surface area (Å²) in [6, 6.07) is 4.17. The normalized spacial score (nSPS) is 14.7. The van der Waals surface area contributed by atoms with Gasteiger partial charge in [-0.3, -0.25) is 0 Å². The van der Waals surface area contributed by atoms with Crippen molar-refractivity contribution in [1.29, 1.82) is 0 Å². The molecule has 86 valence electrons. The number of nitrogens with zero attached hydrogens (tertiary/aromatic N) is 3. The van der Waals surface area contributed by atoms with E-state index in [4.69, 9.17) is 0 Å². The first-order chi connectivity index (χ1) is 7.88. The smallest absolute Gasteiger partial charge is 0.155 e. The lowest BCUT2D eigenvalue weighted by Gasteiger charge is -2.00. The van der Waals surface area contributed by atoms with Crippen LogP contribution in [0.4, 0.5) is 0 Å². The first-order valence-corrected chi connectivity index (χ1v) is 6.22. The maximum atomic E-state index is 4.55. The molecule has 1 aliphatic rings. The molecule has 0 aliphatic heterocycles. The van der Waals surface area contributed by atoms with E-state index in [9.17, 15) is 0 Å². The van der Waals surface area contributed by atoms with E-state index in [0.717, 1.165) is 23.7 Å². The quantitative estimate of drug-likeness (QED) is 0.773. The van der Waals surface area contributed by atoms with Gasteiger partial charge in [-0.25, -0.2) is 9.50 Å². The molecule has 0 bridgehead atoms. The molecule has 0 saturated heterocycles. The summed E-state index contributed by atoms with van der Waals surface area (Å²) in [4.78, 5) is 4.32. The Balaban J connectivity index is 0.000000457. The SMILES string of the molecule is CC.CCc1cc2nccc(C3CC3)n2n1. The molecule has 2 aromatic heterocycles. The van der Waals surface area contributed by atoms with Gasteiger partial charge in [-0.15, -0.1) is 0 Å². The Kier molecular flexibility index (Phi) is 3.22. The Labute approximate surface area is 96.5 Å². The summed E-state index contributed by atoms with van der Waals surface area (Å²) in [6.45, 7) is 6.12. The standard InChI is InChI=1S/C11H13N3.C2H6/c1-2-9-7-11-12-6-5-10(8-3-4-8)14(11)13-9;1-2/h5-8H,2-4H2,1H3;1-2H3. The average molecular weight is 217 g/mol. The van der Waals surface area contributed by atoms with Crippen molar-refractivity contribution in [2.75, 3.05) is 0 Å². The second-order valence-electron chi connectivity index (χ2n) is 3.90. The summed E-state index contributed by atoms with van der Waals surface area (Å²) in [6.07, 6.45) is 5.48. The number of aromatic nitrogens is 3. The van der Waals surface area contributed by atoms with Crippen molar-refractivity contribution in [2.24, 2.45) is 0 Å². The van der Waals surface area contributed by atoms with Gasteiger partial charge in [0.15, 0.2) is 5.65 Å². The van der Waals surface area contributed by atoms with E-state index in [1.54, 1.807) is 0 Å². The Morgan fingerprint density at radius 2 is 2.12 bits per heavy atom. The lowest BCUT2D eigenvalue weighted by atomic mass is 10.3. The van der Waals surface area contributed by atoms with Crippen molar-refractivity contribution >= 4 is 5.65 Å². The minimum atomic E-state index is 0.727. The van der Waals surface area contributed by atoms with Gasteiger partial charge < -0.3 is 0 Å². The van der Waals surface area contributed by atoms with Gasteiger partial charge in [-0.1, -0.05) is 20.8 Å². The highest BCUT2D eigenvalue weighted by Gasteiger charge is 2.26. The number of rotatable bonds is 2. The van der Waals surface area contributed by atoms with Crippen LogP contribution in [0.15, 0.2) is 18.3 Å². The Hall–Kier alpha value is -1.38. The molecule has 0 radical (unpaired) electrons. The van der Waals surface area contributed by atoms with Crippen LogP contribution in [-0.4, -0.2) is 14.6 Å². The molecule has 2 aromatic rings. The summed E-state index contributed by atoms with van der Waals surface area (Å²) in [5, 5.41) is 4.55. The molecule has 1 aliphatic carbocycles. The highest BCUT2D eigenvalue weighted by molar-refractivity contribution is 5.41. The molecule has 0 aromatic carbocycles. The summed E-state index contributed by atoms with van der Waals surface area (Å²) in [5.41, 5.74) is 3.45. The monoisotopic (exact) mass is 217 g/mol. The molecular formula is C13H19N3. The highest BCUT2D eigenvalue weighted by atomic mass is 15.3. The van der Waals surface area contributed by atoms with Crippen molar-refractivity contribution in [1.82, 2.24) is 14.6 Å². The molecule has 3 heteroatoms. The molecule has 3 rings (SSSR count). The van der Waals surface area contributed by atoms with Crippen LogP contribution in [0.3, 0.4) is 0 Å². The topological polar surface area (TPSA) is 30.2 Å².